The van der Waals surface area contributed by atoms with Crippen molar-refractivity contribution in [3.63, 3.8) is 0 Å². The van der Waals surface area contributed by atoms with E-state index in [0.29, 0.717) is 12.0 Å². The number of methoxy groups -OCH3 is 1. The molecule has 1 N–H and O–H groups in total. The number of ether oxygens (including phenoxy) is 1. The van der Waals surface area contributed by atoms with Gasteiger partial charge in [-0.25, -0.2) is 9.78 Å². The first-order chi connectivity index (χ1) is 10.2. The highest BCUT2D eigenvalue weighted by atomic mass is 16.5. The lowest BCUT2D eigenvalue weighted by molar-refractivity contribution is 0.0600. The van der Waals surface area contributed by atoms with Crippen LogP contribution in [0.2, 0.25) is 0 Å². The Labute approximate surface area is 121 Å². The van der Waals surface area contributed by atoms with Gasteiger partial charge in [0.25, 0.3) is 0 Å². The molecule has 0 radical (unpaired) electrons. The number of hydrogen-bond donors (Lipinski definition) is 1. The number of aromatic hydroxyl groups is 1. The summed E-state index contributed by atoms with van der Waals surface area (Å²) in [6.07, 6.45) is 4.10. The van der Waals surface area contributed by atoms with Crippen molar-refractivity contribution in [2.75, 3.05) is 7.11 Å². The molecular weight excluding hydrogens is 268 g/mol. The standard InChI is InChI=1S/C16H14N2O3/c1-21-16(20)12-4-5-13-9-17-15(18(13)10-12)8-11-2-6-14(19)7-3-11/h2-7,9-10,19H,8H2,1H3. The monoisotopic (exact) mass is 282 g/mol. The van der Waals surface area contributed by atoms with Crippen molar-refractivity contribution < 1.29 is 14.6 Å². The largest absolute Gasteiger partial charge is 0.508 e. The Balaban J connectivity index is 1.98. The maximum absolute atomic E-state index is 11.6. The minimum Gasteiger partial charge on any atom is -0.508 e. The number of carbonyl (C=O) groups excluding carboxylic acids is 1. The number of phenols is 1. The molecule has 5 heteroatoms. The number of carbonyl (C=O) groups is 1. The number of hydrogen-bond acceptors (Lipinski definition) is 4. The van der Waals surface area contributed by atoms with Crippen molar-refractivity contribution >= 4 is 11.5 Å². The molecule has 0 bridgehead atoms. The van der Waals surface area contributed by atoms with Crippen LogP contribution in [0.25, 0.3) is 5.52 Å². The molecule has 5 nitrogen and oxygen atoms in total. The molecule has 0 aliphatic heterocycles. The Hall–Kier alpha value is -2.82. The fourth-order valence-corrected chi connectivity index (χ4v) is 2.21. The molecule has 106 valence electrons. The maximum Gasteiger partial charge on any atom is 0.339 e. The Morgan fingerprint density at radius 2 is 2.00 bits per heavy atom. The number of aromatic nitrogens is 2. The molecule has 0 fully saturated rings. The number of phenolic OH excluding ortho intramolecular Hbond substituents is 1. The first kappa shape index (κ1) is 13.2. The number of fused-ring (bicyclic) bond motifs is 1. The van der Waals surface area contributed by atoms with Crippen molar-refractivity contribution in [3.8, 4) is 5.75 Å². The first-order valence-electron chi connectivity index (χ1n) is 6.49. The molecular formula is C16H14N2O3. The van der Waals surface area contributed by atoms with Gasteiger partial charge in [0.05, 0.1) is 24.4 Å². The zero-order valence-corrected chi connectivity index (χ0v) is 11.5. The van der Waals surface area contributed by atoms with Crippen molar-refractivity contribution in [1.82, 2.24) is 9.38 Å². The predicted molar refractivity (Wildman–Crippen MR) is 77.4 cm³/mol. The van der Waals surface area contributed by atoms with Crippen LogP contribution >= 0.6 is 0 Å². The lowest BCUT2D eigenvalue weighted by Crippen LogP contribution is -2.04. The van der Waals surface area contributed by atoms with E-state index in [1.165, 1.54) is 7.11 Å². The summed E-state index contributed by atoms with van der Waals surface area (Å²) in [4.78, 5) is 16.0. The van der Waals surface area contributed by atoms with Crippen molar-refractivity contribution in [3.05, 3.63) is 65.7 Å². The molecule has 0 saturated carbocycles. The Morgan fingerprint density at radius 3 is 2.71 bits per heavy atom. The highest BCUT2D eigenvalue weighted by Crippen LogP contribution is 2.16. The summed E-state index contributed by atoms with van der Waals surface area (Å²) in [7, 11) is 1.36. The second-order valence-electron chi connectivity index (χ2n) is 4.72. The van der Waals surface area contributed by atoms with E-state index in [0.717, 1.165) is 16.9 Å². The van der Waals surface area contributed by atoms with Gasteiger partial charge >= 0.3 is 5.97 Å². The molecule has 2 aromatic heterocycles. The average molecular weight is 282 g/mol. The van der Waals surface area contributed by atoms with Crippen LogP contribution in [0.1, 0.15) is 21.7 Å². The minimum absolute atomic E-state index is 0.236. The van der Waals surface area contributed by atoms with Crippen molar-refractivity contribution in [2.45, 2.75) is 6.42 Å². The van der Waals surface area contributed by atoms with Crippen LogP contribution in [-0.2, 0) is 11.2 Å². The van der Waals surface area contributed by atoms with Gasteiger partial charge < -0.3 is 14.2 Å². The van der Waals surface area contributed by atoms with Crippen molar-refractivity contribution in [1.29, 1.82) is 0 Å². The number of benzene rings is 1. The van der Waals surface area contributed by atoms with Gasteiger partial charge in [0, 0.05) is 12.6 Å². The van der Waals surface area contributed by atoms with Crippen LogP contribution in [0.4, 0.5) is 0 Å². The molecule has 0 aliphatic rings. The highest BCUT2D eigenvalue weighted by Gasteiger charge is 2.10. The number of pyridine rings is 1. The van der Waals surface area contributed by atoms with Crippen LogP contribution in [0, 0.1) is 0 Å². The normalized spacial score (nSPS) is 10.7. The number of imidazole rings is 1. The van der Waals surface area contributed by atoms with Crippen molar-refractivity contribution in [2.24, 2.45) is 0 Å². The van der Waals surface area contributed by atoms with Crippen LogP contribution < -0.4 is 0 Å². The topological polar surface area (TPSA) is 63.8 Å². The third-order valence-electron chi connectivity index (χ3n) is 3.32. The Kier molecular flexibility index (Phi) is 3.31. The zero-order valence-electron chi connectivity index (χ0n) is 11.5. The number of esters is 1. The zero-order chi connectivity index (χ0) is 14.8. The van der Waals surface area contributed by atoms with Gasteiger partial charge in [-0.3, -0.25) is 0 Å². The van der Waals surface area contributed by atoms with E-state index in [1.54, 1.807) is 30.6 Å². The van der Waals surface area contributed by atoms with Gasteiger partial charge in [0.2, 0.25) is 0 Å². The second-order valence-corrected chi connectivity index (χ2v) is 4.72. The molecule has 1 aromatic carbocycles. The molecule has 0 unspecified atom stereocenters. The van der Waals surface area contributed by atoms with E-state index in [1.807, 2.05) is 22.6 Å². The molecule has 21 heavy (non-hydrogen) atoms. The first-order valence-corrected chi connectivity index (χ1v) is 6.49. The van der Waals surface area contributed by atoms with Crippen LogP contribution in [0.15, 0.2) is 48.8 Å². The Bertz CT molecular complexity index is 791. The fraction of sp³-hybridized carbons (Fsp3) is 0.125. The third kappa shape index (κ3) is 2.58. The van der Waals surface area contributed by atoms with Crippen LogP contribution in [0.5, 0.6) is 5.75 Å². The third-order valence-corrected chi connectivity index (χ3v) is 3.32. The summed E-state index contributed by atoms with van der Waals surface area (Å²) >= 11 is 0. The average Bonchev–Trinajstić information content (AvgIpc) is 2.91. The molecule has 3 rings (SSSR count). The summed E-state index contributed by atoms with van der Waals surface area (Å²) in [5.74, 6) is 0.683. The molecule has 0 spiro atoms. The molecule has 2 heterocycles. The van der Waals surface area contributed by atoms with Gasteiger partial charge in [0.1, 0.15) is 11.6 Å². The maximum atomic E-state index is 11.6. The van der Waals surface area contributed by atoms with Gasteiger partial charge in [-0.05, 0) is 29.8 Å². The van der Waals surface area contributed by atoms with E-state index >= 15 is 0 Å². The van der Waals surface area contributed by atoms with E-state index in [9.17, 15) is 9.90 Å². The second kappa shape index (κ2) is 5.28. The van der Waals surface area contributed by atoms with E-state index in [2.05, 4.69) is 4.98 Å². The molecule has 0 saturated heterocycles. The summed E-state index contributed by atoms with van der Waals surface area (Å²) in [5, 5.41) is 9.31. The number of rotatable bonds is 3. The van der Waals surface area contributed by atoms with Gasteiger partial charge in [-0.1, -0.05) is 12.1 Å². The summed E-state index contributed by atoms with van der Waals surface area (Å²) < 4.78 is 6.61. The summed E-state index contributed by atoms with van der Waals surface area (Å²) in [5.41, 5.74) is 2.43. The minimum atomic E-state index is -0.374. The van der Waals surface area contributed by atoms with E-state index in [4.69, 9.17) is 4.74 Å². The quantitative estimate of drug-likeness (QED) is 0.749. The smallest absolute Gasteiger partial charge is 0.339 e. The summed E-state index contributed by atoms with van der Waals surface area (Å²) in [6.45, 7) is 0. The van der Waals surface area contributed by atoms with Crippen LogP contribution in [-0.4, -0.2) is 27.6 Å². The van der Waals surface area contributed by atoms with E-state index in [-0.39, 0.29) is 11.7 Å². The molecule has 0 atom stereocenters. The van der Waals surface area contributed by atoms with Crippen LogP contribution in [0.3, 0.4) is 0 Å². The fourth-order valence-electron chi connectivity index (χ4n) is 2.21. The highest BCUT2D eigenvalue weighted by molar-refractivity contribution is 5.89. The SMILES string of the molecule is COC(=O)c1ccc2cnc(Cc3ccc(O)cc3)n2c1. The lowest BCUT2D eigenvalue weighted by Gasteiger charge is -2.04. The van der Waals surface area contributed by atoms with Gasteiger partial charge in [0.15, 0.2) is 0 Å². The molecule has 0 amide bonds. The predicted octanol–water partition coefficient (Wildman–Crippen LogP) is 2.42. The molecule has 3 aromatic rings. The Morgan fingerprint density at radius 1 is 1.24 bits per heavy atom. The van der Waals surface area contributed by atoms with E-state index < -0.39 is 0 Å². The van der Waals surface area contributed by atoms with Gasteiger partial charge in [-0.2, -0.15) is 0 Å². The number of nitrogens with zero attached hydrogens (tertiary/aromatic N) is 2. The lowest BCUT2D eigenvalue weighted by atomic mass is 10.1. The molecule has 0 aliphatic carbocycles. The summed E-state index contributed by atoms with van der Waals surface area (Å²) in [6, 6.07) is 10.5. The van der Waals surface area contributed by atoms with Gasteiger partial charge in [-0.15, -0.1) is 0 Å².